The fraction of sp³-hybridized carbons (Fsp3) is 0.765. The largest absolute Gasteiger partial charge is 0.348 e. The van der Waals surface area contributed by atoms with Gasteiger partial charge in [-0.2, -0.15) is 0 Å². The van der Waals surface area contributed by atoms with E-state index in [1.54, 1.807) is 0 Å². The molecule has 3 rings (SSSR count). The van der Waals surface area contributed by atoms with Crippen molar-refractivity contribution in [3.63, 3.8) is 0 Å². The molecule has 19 heavy (non-hydrogen) atoms. The van der Waals surface area contributed by atoms with Crippen molar-refractivity contribution in [1.82, 2.24) is 4.57 Å². The van der Waals surface area contributed by atoms with Crippen molar-refractivity contribution in [2.24, 2.45) is 22.5 Å². The van der Waals surface area contributed by atoms with Crippen LogP contribution in [0.4, 0.5) is 0 Å². The molecule has 0 aliphatic heterocycles. The van der Waals surface area contributed by atoms with Crippen molar-refractivity contribution in [3.8, 4) is 0 Å². The molecule has 2 aliphatic rings. The highest BCUT2D eigenvalue weighted by molar-refractivity contribution is 5.34. The van der Waals surface area contributed by atoms with E-state index in [1.807, 2.05) is 0 Å². The molecule has 0 bridgehead atoms. The van der Waals surface area contributed by atoms with Gasteiger partial charge in [0.1, 0.15) is 0 Å². The smallest absolute Gasteiger partial charge is 0.0318 e. The van der Waals surface area contributed by atoms with E-state index in [4.69, 9.17) is 5.73 Å². The lowest BCUT2D eigenvalue weighted by Gasteiger charge is -2.34. The van der Waals surface area contributed by atoms with Crippen molar-refractivity contribution in [2.45, 2.75) is 66.5 Å². The van der Waals surface area contributed by atoms with Crippen LogP contribution in [0.3, 0.4) is 0 Å². The molecule has 2 heteroatoms. The van der Waals surface area contributed by atoms with Gasteiger partial charge < -0.3 is 10.3 Å². The second kappa shape index (κ2) is 3.88. The average molecular weight is 260 g/mol. The first-order chi connectivity index (χ1) is 8.70. The summed E-state index contributed by atoms with van der Waals surface area (Å²) < 4.78 is 2.56. The topological polar surface area (TPSA) is 30.9 Å². The standard InChI is InChI=1S/C17H28N2/c1-11-6-13-14(18)8-16(2,3)9-15(13)19(11)10-12-7-17(12,4)5/h6,12,14H,7-10,18H2,1-5H3. The van der Waals surface area contributed by atoms with Crippen LogP contribution >= 0.6 is 0 Å². The number of nitrogens with zero attached hydrogens (tertiary/aromatic N) is 1. The Morgan fingerprint density at radius 1 is 1.26 bits per heavy atom. The second-order valence-corrected chi connectivity index (χ2v) is 8.34. The number of nitrogens with two attached hydrogens (primary N) is 1. The molecule has 1 aromatic heterocycles. The zero-order chi connectivity index (χ0) is 14.0. The Kier molecular flexibility index (Phi) is 2.70. The molecule has 1 saturated carbocycles. The number of fused-ring (bicyclic) bond motifs is 1. The number of aryl methyl sites for hydroxylation is 1. The fourth-order valence-corrected chi connectivity index (χ4v) is 3.87. The van der Waals surface area contributed by atoms with Crippen LogP contribution in [0.25, 0.3) is 0 Å². The average Bonchev–Trinajstić information content (AvgIpc) is 2.72. The molecule has 0 radical (unpaired) electrons. The summed E-state index contributed by atoms with van der Waals surface area (Å²) in [6, 6.07) is 2.57. The predicted molar refractivity (Wildman–Crippen MR) is 80.1 cm³/mol. The molecule has 106 valence electrons. The van der Waals surface area contributed by atoms with E-state index in [9.17, 15) is 0 Å². The van der Waals surface area contributed by atoms with Crippen LogP contribution in [0.5, 0.6) is 0 Å². The lowest BCUT2D eigenvalue weighted by atomic mass is 9.74. The predicted octanol–water partition coefficient (Wildman–Crippen LogP) is 3.81. The highest BCUT2D eigenvalue weighted by Gasteiger charge is 2.46. The third kappa shape index (κ3) is 2.24. The van der Waals surface area contributed by atoms with E-state index in [2.05, 4.69) is 45.3 Å². The minimum atomic E-state index is 0.228. The first kappa shape index (κ1) is 13.2. The van der Waals surface area contributed by atoms with E-state index in [-0.39, 0.29) is 6.04 Å². The van der Waals surface area contributed by atoms with Gasteiger partial charge in [-0.05, 0) is 54.6 Å². The van der Waals surface area contributed by atoms with Crippen molar-refractivity contribution in [1.29, 1.82) is 0 Å². The van der Waals surface area contributed by atoms with Crippen LogP contribution < -0.4 is 5.73 Å². The fourth-order valence-electron chi connectivity index (χ4n) is 3.87. The van der Waals surface area contributed by atoms with Gasteiger partial charge in [-0.25, -0.2) is 0 Å². The van der Waals surface area contributed by atoms with E-state index < -0.39 is 0 Å². The highest BCUT2D eigenvalue weighted by Crippen LogP contribution is 2.53. The summed E-state index contributed by atoms with van der Waals surface area (Å²) in [6.45, 7) is 12.9. The molecule has 2 nitrogen and oxygen atoms in total. The minimum absolute atomic E-state index is 0.228. The van der Waals surface area contributed by atoms with Crippen LogP contribution in [-0.4, -0.2) is 4.57 Å². The maximum atomic E-state index is 6.39. The van der Waals surface area contributed by atoms with Gasteiger partial charge in [0.2, 0.25) is 0 Å². The summed E-state index contributed by atoms with van der Waals surface area (Å²) in [5.74, 6) is 0.851. The molecular formula is C17H28N2. The van der Waals surface area contributed by atoms with Gasteiger partial charge in [0, 0.05) is 24.0 Å². The number of rotatable bonds is 2. The first-order valence-electron chi connectivity index (χ1n) is 7.64. The van der Waals surface area contributed by atoms with Crippen LogP contribution in [-0.2, 0) is 13.0 Å². The van der Waals surface area contributed by atoms with Crippen molar-refractivity contribution in [3.05, 3.63) is 23.0 Å². The Hall–Kier alpha value is -0.760. The maximum Gasteiger partial charge on any atom is 0.0318 e. The molecule has 2 N–H and O–H groups in total. The Bertz CT molecular complexity index is 508. The Balaban J connectivity index is 1.93. The summed E-state index contributed by atoms with van der Waals surface area (Å²) in [7, 11) is 0. The molecule has 2 aliphatic carbocycles. The van der Waals surface area contributed by atoms with Gasteiger partial charge in [0.25, 0.3) is 0 Å². The lowest BCUT2D eigenvalue weighted by Crippen LogP contribution is -2.30. The van der Waals surface area contributed by atoms with E-state index in [0.29, 0.717) is 10.8 Å². The van der Waals surface area contributed by atoms with Crippen LogP contribution in [0, 0.1) is 23.7 Å². The minimum Gasteiger partial charge on any atom is -0.348 e. The van der Waals surface area contributed by atoms with Crippen LogP contribution in [0.1, 0.15) is 63.5 Å². The molecule has 2 atom stereocenters. The van der Waals surface area contributed by atoms with Gasteiger partial charge >= 0.3 is 0 Å². The summed E-state index contributed by atoms with van der Waals surface area (Å²) in [5.41, 5.74) is 11.6. The second-order valence-electron chi connectivity index (χ2n) is 8.34. The molecule has 0 aromatic carbocycles. The Morgan fingerprint density at radius 3 is 2.47 bits per heavy atom. The summed E-state index contributed by atoms with van der Waals surface area (Å²) in [5, 5.41) is 0. The molecule has 1 fully saturated rings. The molecule has 0 saturated heterocycles. The Labute approximate surface area is 117 Å². The molecule has 0 amide bonds. The van der Waals surface area contributed by atoms with Crippen molar-refractivity contribution >= 4 is 0 Å². The first-order valence-corrected chi connectivity index (χ1v) is 7.64. The third-order valence-corrected chi connectivity index (χ3v) is 5.39. The van der Waals surface area contributed by atoms with Gasteiger partial charge in [-0.1, -0.05) is 27.7 Å². The van der Waals surface area contributed by atoms with E-state index >= 15 is 0 Å². The number of hydrogen-bond donors (Lipinski definition) is 1. The van der Waals surface area contributed by atoms with Crippen LogP contribution in [0.2, 0.25) is 0 Å². The van der Waals surface area contributed by atoms with Gasteiger partial charge in [-0.3, -0.25) is 0 Å². The molecular weight excluding hydrogens is 232 g/mol. The maximum absolute atomic E-state index is 6.39. The normalized spacial score (nSPS) is 31.1. The van der Waals surface area contributed by atoms with Gasteiger partial charge in [0.15, 0.2) is 0 Å². The Morgan fingerprint density at radius 2 is 1.89 bits per heavy atom. The van der Waals surface area contributed by atoms with E-state index in [0.717, 1.165) is 12.3 Å². The molecule has 1 heterocycles. The molecule has 2 unspecified atom stereocenters. The van der Waals surface area contributed by atoms with E-state index in [1.165, 1.54) is 36.3 Å². The molecule has 1 aromatic rings. The number of hydrogen-bond acceptors (Lipinski definition) is 1. The highest BCUT2D eigenvalue weighted by atomic mass is 15.0. The van der Waals surface area contributed by atoms with Gasteiger partial charge in [0.05, 0.1) is 0 Å². The zero-order valence-electron chi connectivity index (χ0n) is 13.1. The summed E-state index contributed by atoms with van der Waals surface area (Å²) in [4.78, 5) is 0. The number of aromatic nitrogens is 1. The van der Waals surface area contributed by atoms with Crippen molar-refractivity contribution in [2.75, 3.05) is 0 Å². The SMILES string of the molecule is Cc1cc2c(n1CC1CC1(C)C)CC(C)(C)CC2N. The summed E-state index contributed by atoms with van der Waals surface area (Å²) >= 11 is 0. The third-order valence-electron chi connectivity index (χ3n) is 5.39. The van der Waals surface area contributed by atoms with Gasteiger partial charge in [-0.15, -0.1) is 0 Å². The zero-order valence-corrected chi connectivity index (χ0v) is 13.1. The summed E-state index contributed by atoms with van der Waals surface area (Å²) in [6.07, 6.45) is 3.66. The molecule has 0 spiro atoms. The lowest BCUT2D eigenvalue weighted by molar-refractivity contribution is 0.273. The van der Waals surface area contributed by atoms with Crippen molar-refractivity contribution < 1.29 is 0 Å². The monoisotopic (exact) mass is 260 g/mol. The quantitative estimate of drug-likeness (QED) is 0.861. The van der Waals surface area contributed by atoms with Crippen LogP contribution in [0.15, 0.2) is 6.07 Å².